The number of carbonyl (C=O) groups excluding carboxylic acids is 1. The molecule has 0 radical (unpaired) electrons. The van der Waals surface area contributed by atoms with Gasteiger partial charge in [-0.15, -0.1) is 16.4 Å². The van der Waals surface area contributed by atoms with Gasteiger partial charge in [-0.1, -0.05) is 47.7 Å². The summed E-state index contributed by atoms with van der Waals surface area (Å²) >= 11 is 1.42. The maximum atomic E-state index is 13.0. The lowest BCUT2D eigenvalue weighted by Gasteiger charge is -2.05. The van der Waals surface area contributed by atoms with Crippen LogP contribution in [-0.2, 0) is 0 Å². The highest BCUT2D eigenvalue weighted by Gasteiger charge is 2.25. The van der Waals surface area contributed by atoms with Gasteiger partial charge in [0.05, 0.1) is 10.6 Å². The smallest absolute Gasteiger partial charge is 0.294 e. The Balaban J connectivity index is 1.46. The highest BCUT2D eigenvalue weighted by molar-refractivity contribution is 7.13. The maximum absolute atomic E-state index is 13.0. The Morgan fingerprint density at radius 2 is 1.97 bits per heavy atom. The molecular formula is C21H16N8O2S. The second-order valence-electron chi connectivity index (χ2n) is 6.85. The molecule has 5 aromatic rings. The fourth-order valence-electron chi connectivity index (χ4n) is 3.22. The van der Waals surface area contributed by atoms with E-state index in [-0.39, 0.29) is 17.3 Å². The molecule has 3 N–H and O–H groups in total. The highest BCUT2D eigenvalue weighted by Crippen LogP contribution is 2.29. The quantitative estimate of drug-likeness (QED) is 0.313. The number of amides is 1. The molecule has 5 rings (SSSR count). The van der Waals surface area contributed by atoms with Gasteiger partial charge in [-0.3, -0.25) is 4.79 Å². The lowest BCUT2D eigenvalue weighted by atomic mass is 10.0. The first kappa shape index (κ1) is 19.6. The Morgan fingerprint density at radius 3 is 2.72 bits per heavy atom. The molecule has 0 saturated heterocycles. The number of anilines is 1. The minimum absolute atomic E-state index is 0.0323. The molecule has 0 aliphatic heterocycles. The number of carbonyl (C=O) groups is 1. The molecule has 2 aromatic carbocycles. The van der Waals surface area contributed by atoms with Crippen LogP contribution in [0.4, 0.5) is 5.82 Å². The van der Waals surface area contributed by atoms with E-state index in [0.717, 1.165) is 21.2 Å². The summed E-state index contributed by atoms with van der Waals surface area (Å²) in [4.78, 5) is 13.7. The van der Waals surface area contributed by atoms with Crippen LogP contribution in [0.3, 0.4) is 0 Å². The van der Waals surface area contributed by atoms with Crippen molar-refractivity contribution < 1.29 is 9.42 Å². The van der Waals surface area contributed by atoms with Crippen molar-refractivity contribution in [2.45, 2.75) is 6.92 Å². The van der Waals surface area contributed by atoms with Crippen LogP contribution in [0.2, 0.25) is 0 Å². The molecule has 32 heavy (non-hydrogen) atoms. The van der Waals surface area contributed by atoms with Crippen molar-refractivity contribution in [2.24, 2.45) is 5.10 Å². The summed E-state index contributed by atoms with van der Waals surface area (Å²) in [6, 6.07) is 17.7. The zero-order valence-corrected chi connectivity index (χ0v) is 17.6. The number of nitrogen functional groups attached to an aromatic ring is 1. The van der Waals surface area contributed by atoms with Gasteiger partial charge in [-0.25, -0.2) is 10.1 Å². The van der Waals surface area contributed by atoms with Crippen LogP contribution in [0, 0.1) is 0 Å². The Kier molecular flexibility index (Phi) is 4.92. The monoisotopic (exact) mass is 444 g/mol. The van der Waals surface area contributed by atoms with Gasteiger partial charge in [0.25, 0.3) is 5.91 Å². The largest absolute Gasteiger partial charge is 0.378 e. The number of rotatable bonds is 5. The highest BCUT2D eigenvalue weighted by atomic mass is 32.1. The standard InChI is InChI=1S/C21H16N8O2S/c1-12(14-9-8-13-5-2-3-6-15(13)11-14)23-25-21(30)17-18(16-7-4-10-32-16)29(28-24-17)20-19(22)26-31-27-20/h2-11H,1H3,(H2,22,26)(H,25,30). The van der Waals surface area contributed by atoms with E-state index in [1.165, 1.54) is 16.0 Å². The number of nitrogens with zero attached hydrogens (tertiary/aromatic N) is 6. The second-order valence-corrected chi connectivity index (χ2v) is 7.80. The van der Waals surface area contributed by atoms with Crippen molar-refractivity contribution >= 4 is 39.5 Å². The summed E-state index contributed by atoms with van der Waals surface area (Å²) in [7, 11) is 0. The number of nitrogens with two attached hydrogens (primary N) is 1. The van der Waals surface area contributed by atoms with Gasteiger partial charge in [0.15, 0.2) is 5.69 Å². The zero-order valence-electron chi connectivity index (χ0n) is 16.8. The third kappa shape index (κ3) is 3.50. The minimum Gasteiger partial charge on any atom is -0.378 e. The average molecular weight is 444 g/mol. The van der Waals surface area contributed by atoms with Gasteiger partial charge in [-0.05, 0) is 51.1 Å². The molecule has 1 amide bonds. The van der Waals surface area contributed by atoms with E-state index >= 15 is 0 Å². The van der Waals surface area contributed by atoms with Gasteiger partial charge < -0.3 is 5.73 Å². The predicted octanol–water partition coefficient (Wildman–Crippen LogP) is 3.27. The number of nitrogens with one attached hydrogen (secondary N) is 1. The molecule has 0 bridgehead atoms. The SMILES string of the molecule is CC(=NNC(=O)c1nnn(-c2nonc2N)c1-c1cccs1)c1ccc2ccccc2c1. The van der Waals surface area contributed by atoms with Crippen molar-refractivity contribution in [2.75, 3.05) is 5.73 Å². The zero-order chi connectivity index (χ0) is 22.1. The Hall–Kier alpha value is -4.38. The number of aromatic nitrogens is 5. The fourth-order valence-corrected chi connectivity index (χ4v) is 3.98. The van der Waals surface area contributed by atoms with Gasteiger partial charge in [0.2, 0.25) is 11.6 Å². The summed E-state index contributed by atoms with van der Waals surface area (Å²) in [6.07, 6.45) is 0. The average Bonchev–Trinajstić information content (AvgIpc) is 3.57. The first-order valence-electron chi connectivity index (χ1n) is 9.53. The molecule has 0 aliphatic carbocycles. The molecular weight excluding hydrogens is 428 g/mol. The lowest BCUT2D eigenvalue weighted by molar-refractivity contribution is 0.0950. The van der Waals surface area contributed by atoms with E-state index in [4.69, 9.17) is 5.73 Å². The number of thiophene rings is 1. The number of hydrazone groups is 1. The molecule has 158 valence electrons. The first-order valence-corrected chi connectivity index (χ1v) is 10.4. The minimum atomic E-state index is -0.519. The summed E-state index contributed by atoms with van der Waals surface area (Å²) < 4.78 is 5.99. The number of hydrogen-bond donors (Lipinski definition) is 2. The summed E-state index contributed by atoms with van der Waals surface area (Å²) in [6.45, 7) is 1.82. The summed E-state index contributed by atoms with van der Waals surface area (Å²) in [5.74, 6) is -0.338. The molecule has 3 heterocycles. The van der Waals surface area contributed by atoms with Gasteiger partial charge in [-0.2, -0.15) is 9.78 Å². The topological polar surface area (TPSA) is 137 Å². The fraction of sp³-hybridized carbons (Fsp3) is 0.0476. The van der Waals surface area contributed by atoms with Crippen LogP contribution in [0.1, 0.15) is 23.0 Å². The van der Waals surface area contributed by atoms with Crippen molar-refractivity contribution in [3.8, 4) is 16.4 Å². The van der Waals surface area contributed by atoms with Crippen LogP contribution >= 0.6 is 11.3 Å². The molecule has 10 nitrogen and oxygen atoms in total. The Morgan fingerprint density at radius 1 is 1.12 bits per heavy atom. The molecule has 0 saturated carbocycles. The van der Waals surface area contributed by atoms with Crippen molar-refractivity contribution in [1.29, 1.82) is 0 Å². The van der Waals surface area contributed by atoms with Crippen LogP contribution in [-0.4, -0.2) is 36.9 Å². The van der Waals surface area contributed by atoms with Crippen molar-refractivity contribution in [1.82, 2.24) is 30.7 Å². The number of hydrogen-bond acceptors (Lipinski definition) is 9. The van der Waals surface area contributed by atoms with Crippen molar-refractivity contribution in [3.05, 3.63) is 71.2 Å². The number of benzene rings is 2. The Bertz CT molecular complexity index is 1450. The van der Waals surface area contributed by atoms with Crippen LogP contribution < -0.4 is 11.2 Å². The molecule has 0 atom stereocenters. The van der Waals surface area contributed by atoms with Crippen LogP contribution in [0.25, 0.3) is 27.2 Å². The van der Waals surface area contributed by atoms with Crippen molar-refractivity contribution in [3.63, 3.8) is 0 Å². The number of fused-ring (bicyclic) bond motifs is 1. The van der Waals surface area contributed by atoms with E-state index < -0.39 is 5.91 Å². The molecule has 0 aliphatic rings. The van der Waals surface area contributed by atoms with E-state index in [0.29, 0.717) is 11.4 Å². The summed E-state index contributed by atoms with van der Waals surface area (Å²) in [5, 5.41) is 23.8. The lowest BCUT2D eigenvalue weighted by Crippen LogP contribution is -2.20. The molecule has 0 spiro atoms. The van der Waals surface area contributed by atoms with E-state index in [9.17, 15) is 4.79 Å². The van der Waals surface area contributed by atoms with E-state index in [1.54, 1.807) is 0 Å². The normalized spacial score (nSPS) is 11.7. The van der Waals surface area contributed by atoms with Gasteiger partial charge in [0, 0.05) is 0 Å². The Labute approximate surface area is 185 Å². The summed E-state index contributed by atoms with van der Waals surface area (Å²) in [5.41, 5.74) is 10.4. The second kappa shape index (κ2) is 8.04. The van der Waals surface area contributed by atoms with Gasteiger partial charge in [0.1, 0.15) is 5.69 Å². The predicted molar refractivity (Wildman–Crippen MR) is 121 cm³/mol. The molecule has 11 heteroatoms. The van der Waals surface area contributed by atoms with Gasteiger partial charge >= 0.3 is 0 Å². The van der Waals surface area contributed by atoms with E-state index in [2.05, 4.69) is 35.8 Å². The molecule has 0 fully saturated rings. The third-order valence-electron chi connectivity index (χ3n) is 4.83. The first-order chi connectivity index (χ1) is 15.6. The van der Waals surface area contributed by atoms with Crippen LogP contribution in [0.5, 0.6) is 0 Å². The maximum Gasteiger partial charge on any atom is 0.294 e. The van der Waals surface area contributed by atoms with E-state index in [1.807, 2.05) is 66.9 Å². The van der Waals surface area contributed by atoms with Crippen LogP contribution in [0.15, 0.2) is 69.7 Å². The molecule has 3 aromatic heterocycles. The molecule has 0 unspecified atom stereocenters. The third-order valence-corrected chi connectivity index (χ3v) is 5.71.